The molecule has 1 aliphatic carbocycles. The average molecular weight is 330 g/mol. The molecule has 1 fully saturated rings. The lowest BCUT2D eigenvalue weighted by molar-refractivity contribution is -0.136. The Hall–Kier alpha value is -2.04. The number of likely N-dealkylation sites (N-methyl/N-ethyl adjacent to an activating group) is 1. The highest BCUT2D eigenvalue weighted by atomic mass is 16.6. The number of carbonyl (C=O) groups excluding carboxylic acids is 1. The molecule has 1 aromatic rings. The fraction of sp³-hybridized carbons (Fsp3) is 0.579. The van der Waals surface area contributed by atoms with Gasteiger partial charge in [0.2, 0.25) is 5.91 Å². The van der Waals surface area contributed by atoms with Crippen molar-refractivity contribution in [2.45, 2.75) is 45.1 Å². The quantitative estimate of drug-likeness (QED) is 0.805. The van der Waals surface area contributed by atoms with E-state index in [9.17, 15) is 4.79 Å². The van der Waals surface area contributed by atoms with Crippen molar-refractivity contribution in [2.24, 2.45) is 11.1 Å². The van der Waals surface area contributed by atoms with Crippen LogP contribution in [0.15, 0.2) is 29.4 Å². The lowest BCUT2D eigenvalue weighted by atomic mass is 10.0. The van der Waals surface area contributed by atoms with Gasteiger partial charge in [0.1, 0.15) is 5.75 Å². The Morgan fingerprint density at radius 1 is 1.29 bits per heavy atom. The Morgan fingerprint density at radius 3 is 2.62 bits per heavy atom. The highest BCUT2D eigenvalue weighted by Gasteiger charge is 2.30. The van der Waals surface area contributed by atoms with Crippen LogP contribution in [0.25, 0.3) is 0 Å². The molecule has 1 saturated carbocycles. The molecule has 0 saturated heterocycles. The van der Waals surface area contributed by atoms with Crippen molar-refractivity contribution in [3.8, 4) is 5.75 Å². The van der Waals surface area contributed by atoms with E-state index in [0.29, 0.717) is 6.54 Å². The van der Waals surface area contributed by atoms with Crippen molar-refractivity contribution in [3.63, 3.8) is 0 Å². The first-order chi connectivity index (χ1) is 11.7. The van der Waals surface area contributed by atoms with Crippen LogP contribution in [0.5, 0.6) is 5.75 Å². The fourth-order valence-electron chi connectivity index (χ4n) is 3.53. The Kier molecular flexibility index (Phi) is 5.38. The molecule has 2 aliphatic rings. The van der Waals surface area contributed by atoms with Crippen LogP contribution in [0.4, 0.5) is 0 Å². The van der Waals surface area contributed by atoms with Crippen LogP contribution in [0.3, 0.4) is 0 Å². The zero-order chi connectivity index (χ0) is 16.9. The molecule has 1 aromatic carbocycles. The van der Waals surface area contributed by atoms with E-state index in [2.05, 4.69) is 5.16 Å². The van der Waals surface area contributed by atoms with Gasteiger partial charge in [0, 0.05) is 18.9 Å². The summed E-state index contributed by atoms with van der Waals surface area (Å²) in [4.78, 5) is 20.1. The SMILES string of the molecule is CCN(C[C@@H]1CC(c2ccc(OC)cc2)=NO1)C(=O)C1CCCC1. The van der Waals surface area contributed by atoms with Crippen LogP contribution < -0.4 is 4.74 Å². The lowest BCUT2D eigenvalue weighted by Gasteiger charge is -2.26. The minimum atomic E-state index is -0.0487. The van der Waals surface area contributed by atoms with Crippen molar-refractivity contribution >= 4 is 11.6 Å². The van der Waals surface area contributed by atoms with Crippen molar-refractivity contribution < 1.29 is 14.4 Å². The van der Waals surface area contributed by atoms with E-state index in [4.69, 9.17) is 9.57 Å². The Bertz CT molecular complexity index is 591. The highest BCUT2D eigenvalue weighted by Crippen LogP contribution is 2.27. The molecule has 0 N–H and O–H groups in total. The van der Waals surface area contributed by atoms with Gasteiger partial charge in [-0.15, -0.1) is 0 Å². The first-order valence-electron chi connectivity index (χ1n) is 8.87. The van der Waals surface area contributed by atoms with Gasteiger partial charge >= 0.3 is 0 Å². The predicted octanol–water partition coefficient (Wildman–Crippen LogP) is 3.23. The molecule has 3 rings (SSSR count). The molecule has 0 spiro atoms. The van der Waals surface area contributed by atoms with Gasteiger partial charge in [-0.05, 0) is 49.6 Å². The summed E-state index contributed by atoms with van der Waals surface area (Å²) in [6.45, 7) is 3.38. The number of amides is 1. The van der Waals surface area contributed by atoms with E-state index in [0.717, 1.165) is 42.8 Å². The zero-order valence-electron chi connectivity index (χ0n) is 14.5. The second-order valence-electron chi connectivity index (χ2n) is 6.56. The van der Waals surface area contributed by atoms with E-state index in [1.165, 1.54) is 12.8 Å². The first kappa shape index (κ1) is 16.8. The Morgan fingerprint density at radius 2 is 2.00 bits per heavy atom. The van der Waals surface area contributed by atoms with Gasteiger partial charge in [0.25, 0.3) is 0 Å². The molecular weight excluding hydrogens is 304 g/mol. The predicted molar refractivity (Wildman–Crippen MR) is 93.2 cm³/mol. The summed E-state index contributed by atoms with van der Waals surface area (Å²) in [6, 6.07) is 7.83. The van der Waals surface area contributed by atoms with Crippen LogP contribution in [0.2, 0.25) is 0 Å². The molecule has 1 aliphatic heterocycles. The van der Waals surface area contributed by atoms with E-state index in [1.54, 1.807) is 7.11 Å². The summed E-state index contributed by atoms with van der Waals surface area (Å²) in [7, 11) is 1.65. The Labute approximate surface area is 143 Å². The van der Waals surface area contributed by atoms with Gasteiger partial charge in [-0.1, -0.05) is 18.0 Å². The number of benzene rings is 1. The van der Waals surface area contributed by atoms with Crippen molar-refractivity contribution in [1.29, 1.82) is 0 Å². The summed E-state index contributed by atoms with van der Waals surface area (Å²) in [5.41, 5.74) is 1.98. The maximum atomic E-state index is 12.6. The van der Waals surface area contributed by atoms with Crippen molar-refractivity contribution in [3.05, 3.63) is 29.8 Å². The number of rotatable bonds is 6. The molecule has 0 unspecified atom stereocenters. The van der Waals surface area contributed by atoms with Crippen LogP contribution in [0.1, 0.15) is 44.6 Å². The molecular formula is C19H26N2O3. The number of hydrogen-bond donors (Lipinski definition) is 0. The standard InChI is InChI=1S/C19H26N2O3/c1-3-21(19(22)15-6-4-5-7-15)13-17-12-18(20-24-17)14-8-10-16(23-2)11-9-14/h8-11,15,17H,3-7,12-13H2,1-2H3/t17-/m0/s1. The van der Waals surface area contributed by atoms with E-state index in [-0.39, 0.29) is 17.9 Å². The third-order valence-electron chi connectivity index (χ3n) is 4.98. The summed E-state index contributed by atoms with van der Waals surface area (Å²) in [6.07, 6.45) is 5.12. The average Bonchev–Trinajstić information content (AvgIpc) is 3.31. The lowest BCUT2D eigenvalue weighted by Crippen LogP contribution is -2.40. The topological polar surface area (TPSA) is 51.1 Å². The zero-order valence-corrected chi connectivity index (χ0v) is 14.5. The molecule has 24 heavy (non-hydrogen) atoms. The van der Waals surface area contributed by atoms with E-state index in [1.807, 2.05) is 36.1 Å². The van der Waals surface area contributed by atoms with Crippen LogP contribution >= 0.6 is 0 Å². The molecule has 0 aromatic heterocycles. The third-order valence-corrected chi connectivity index (χ3v) is 4.98. The van der Waals surface area contributed by atoms with Crippen LogP contribution in [-0.2, 0) is 9.63 Å². The normalized spacial score (nSPS) is 20.6. The van der Waals surface area contributed by atoms with E-state index >= 15 is 0 Å². The fourth-order valence-corrected chi connectivity index (χ4v) is 3.53. The summed E-state index contributed by atoms with van der Waals surface area (Å²) >= 11 is 0. The number of hydrogen-bond acceptors (Lipinski definition) is 4. The van der Waals surface area contributed by atoms with Gasteiger partial charge < -0.3 is 14.5 Å². The molecule has 5 nitrogen and oxygen atoms in total. The second kappa shape index (κ2) is 7.69. The highest BCUT2D eigenvalue weighted by molar-refractivity contribution is 6.01. The smallest absolute Gasteiger partial charge is 0.225 e. The number of ether oxygens (including phenoxy) is 1. The van der Waals surface area contributed by atoms with Gasteiger partial charge in [-0.2, -0.15) is 0 Å². The first-order valence-corrected chi connectivity index (χ1v) is 8.87. The van der Waals surface area contributed by atoms with Crippen LogP contribution in [-0.4, -0.2) is 42.8 Å². The number of oxime groups is 1. The van der Waals surface area contributed by atoms with Gasteiger partial charge in [-0.25, -0.2) is 0 Å². The monoisotopic (exact) mass is 330 g/mol. The molecule has 1 atom stereocenters. The number of methoxy groups -OCH3 is 1. The van der Waals surface area contributed by atoms with Gasteiger partial charge in [0.05, 0.1) is 19.4 Å². The van der Waals surface area contributed by atoms with Crippen molar-refractivity contribution in [2.75, 3.05) is 20.2 Å². The van der Waals surface area contributed by atoms with Gasteiger partial charge in [-0.3, -0.25) is 4.79 Å². The molecule has 130 valence electrons. The Balaban J connectivity index is 1.56. The number of carbonyl (C=O) groups is 1. The largest absolute Gasteiger partial charge is 0.497 e. The third kappa shape index (κ3) is 3.71. The summed E-state index contributed by atoms with van der Waals surface area (Å²) in [5.74, 6) is 1.33. The number of nitrogens with zero attached hydrogens (tertiary/aromatic N) is 2. The molecule has 1 heterocycles. The van der Waals surface area contributed by atoms with Crippen molar-refractivity contribution in [1.82, 2.24) is 4.90 Å². The molecule has 5 heteroatoms. The second-order valence-corrected chi connectivity index (χ2v) is 6.56. The van der Waals surface area contributed by atoms with E-state index < -0.39 is 0 Å². The molecule has 0 bridgehead atoms. The molecule has 1 amide bonds. The minimum absolute atomic E-state index is 0.0487. The van der Waals surface area contributed by atoms with Gasteiger partial charge in [0.15, 0.2) is 6.10 Å². The summed E-state index contributed by atoms with van der Waals surface area (Å²) < 4.78 is 5.18. The summed E-state index contributed by atoms with van der Waals surface area (Å²) in [5, 5.41) is 4.22. The van der Waals surface area contributed by atoms with Crippen LogP contribution in [0, 0.1) is 5.92 Å². The maximum Gasteiger partial charge on any atom is 0.225 e. The minimum Gasteiger partial charge on any atom is -0.497 e. The maximum absolute atomic E-state index is 12.6. The molecule has 0 radical (unpaired) electrons.